The Labute approximate surface area is 202 Å². The maximum atomic E-state index is 13.5. The van der Waals surface area contributed by atoms with Gasteiger partial charge in [0.15, 0.2) is 0 Å². The first kappa shape index (κ1) is 22.4. The molecule has 1 N–H and O–H groups in total. The van der Waals surface area contributed by atoms with Crippen LogP contribution in [-0.4, -0.2) is 60.0 Å². The molecule has 0 saturated carbocycles. The van der Waals surface area contributed by atoms with E-state index < -0.39 is 0 Å². The molecule has 3 heterocycles. The Kier molecular flexibility index (Phi) is 6.30. The number of carbonyl (C=O) groups is 2. The Morgan fingerprint density at radius 3 is 2.54 bits per heavy atom. The van der Waals surface area contributed by atoms with Gasteiger partial charge in [0.1, 0.15) is 17.0 Å². The molecule has 0 aliphatic carbocycles. The highest BCUT2D eigenvalue weighted by atomic mass is 16.5. The van der Waals surface area contributed by atoms with E-state index in [4.69, 9.17) is 9.15 Å². The van der Waals surface area contributed by atoms with Gasteiger partial charge in [0, 0.05) is 44.0 Å². The number of rotatable bonds is 6. The van der Waals surface area contributed by atoms with Gasteiger partial charge in [0.25, 0.3) is 5.91 Å². The largest absolute Gasteiger partial charge is 0.497 e. The third kappa shape index (κ3) is 4.79. The summed E-state index contributed by atoms with van der Waals surface area (Å²) in [6.45, 7) is 2.19. The number of carbonyl (C=O) groups excluding carboxylic acids is 2. The molecule has 0 unspecified atom stereocenters. The van der Waals surface area contributed by atoms with Crippen LogP contribution < -0.4 is 15.0 Å². The lowest BCUT2D eigenvalue weighted by Crippen LogP contribution is -2.49. The van der Waals surface area contributed by atoms with Gasteiger partial charge in [-0.05, 0) is 35.9 Å². The quantitative estimate of drug-likeness (QED) is 0.460. The molecule has 9 nitrogen and oxygen atoms in total. The summed E-state index contributed by atoms with van der Waals surface area (Å²) in [5, 5.41) is 3.61. The number of hydrogen-bond donors (Lipinski definition) is 1. The van der Waals surface area contributed by atoms with E-state index in [1.54, 1.807) is 36.5 Å². The summed E-state index contributed by atoms with van der Waals surface area (Å²) in [7, 11) is 1.58. The number of benzene rings is 2. The summed E-state index contributed by atoms with van der Waals surface area (Å²) in [4.78, 5) is 38.8. The van der Waals surface area contributed by atoms with Gasteiger partial charge < -0.3 is 24.3 Å². The second kappa shape index (κ2) is 9.84. The molecule has 2 aromatic heterocycles. The van der Waals surface area contributed by atoms with Crippen molar-refractivity contribution in [2.24, 2.45) is 0 Å². The van der Waals surface area contributed by atoms with Crippen LogP contribution in [0.1, 0.15) is 16.1 Å². The van der Waals surface area contributed by atoms with E-state index in [1.165, 1.54) is 0 Å². The highest BCUT2D eigenvalue weighted by molar-refractivity contribution is 6.11. The number of nitrogens with one attached hydrogen (secondary N) is 1. The van der Waals surface area contributed by atoms with Crippen molar-refractivity contribution in [3.63, 3.8) is 0 Å². The van der Waals surface area contributed by atoms with Crippen LogP contribution in [0.2, 0.25) is 0 Å². The monoisotopic (exact) mass is 471 g/mol. The van der Waals surface area contributed by atoms with Crippen LogP contribution in [0.4, 0.5) is 11.6 Å². The standard InChI is InChI=1S/C26H25N5O4/c1-34-19-7-4-6-18(16-19)17-22(32)29-23-20-8-2-3-9-21(20)35-24(23)25(33)30-12-14-31(15-13-30)26-27-10-5-11-28-26/h2-11,16H,12-15,17H2,1H3,(H,29,32). The van der Waals surface area contributed by atoms with Crippen LogP contribution >= 0.6 is 0 Å². The van der Waals surface area contributed by atoms with E-state index in [0.29, 0.717) is 54.5 Å². The zero-order valence-electron chi connectivity index (χ0n) is 19.3. The average Bonchev–Trinajstić information content (AvgIpc) is 3.27. The summed E-state index contributed by atoms with van der Waals surface area (Å²) in [6, 6.07) is 16.4. The number of anilines is 2. The molecular formula is C26H25N5O4. The van der Waals surface area contributed by atoms with Crippen LogP contribution in [-0.2, 0) is 11.2 Å². The van der Waals surface area contributed by atoms with Crippen LogP contribution in [0.15, 0.2) is 71.4 Å². The SMILES string of the molecule is COc1cccc(CC(=O)Nc2c(C(=O)N3CCN(c4ncccn4)CC3)oc3ccccc23)c1. The zero-order chi connectivity index (χ0) is 24.2. The predicted octanol–water partition coefficient (Wildman–Crippen LogP) is 3.38. The maximum Gasteiger partial charge on any atom is 0.291 e. The lowest BCUT2D eigenvalue weighted by molar-refractivity contribution is -0.115. The Morgan fingerprint density at radius 2 is 1.77 bits per heavy atom. The van der Waals surface area contributed by atoms with Crippen molar-refractivity contribution in [3.8, 4) is 5.75 Å². The Hall–Kier alpha value is -4.40. The number of furan rings is 1. The fourth-order valence-corrected chi connectivity index (χ4v) is 4.18. The van der Waals surface area contributed by atoms with Gasteiger partial charge in [-0.2, -0.15) is 0 Å². The molecule has 1 aliphatic heterocycles. The molecule has 0 spiro atoms. The number of nitrogens with zero attached hydrogens (tertiary/aromatic N) is 4. The summed E-state index contributed by atoms with van der Waals surface area (Å²) in [6.07, 6.45) is 3.55. The van der Waals surface area contributed by atoms with E-state index >= 15 is 0 Å². The van der Waals surface area contributed by atoms with Crippen molar-refractivity contribution < 1.29 is 18.7 Å². The second-order valence-electron chi connectivity index (χ2n) is 8.21. The van der Waals surface area contributed by atoms with Crippen LogP contribution in [0.5, 0.6) is 5.75 Å². The van der Waals surface area contributed by atoms with Crippen molar-refractivity contribution in [2.75, 3.05) is 43.5 Å². The number of aromatic nitrogens is 2. The molecule has 0 bridgehead atoms. The Bertz CT molecular complexity index is 1350. The van der Waals surface area contributed by atoms with Crippen molar-refractivity contribution in [1.29, 1.82) is 0 Å². The van der Waals surface area contributed by atoms with E-state index in [9.17, 15) is 9.59 Å². The number of fused-ring (bicyclic) bond motifs is 1. The van der Waals surface area contributed by atoms with Gasteiger partial charge in [-0.1, -0.05) is 24.3 Å². The minimum atomic E-state index is -0.258. The maximum absolute atomic E-state index is 13.5. The second-order valence-corrected chi connectivity index (χ2v) is 8.21. The molecule has 5 rings (SSSR count). The molecule has 2 aromatic carbocycles. The topological polar surface area (TPSA) is 101 Å². The fourth-order valence-electron chi connectivity index (χ4n) is 4.18. The lowest BCUT2D eigenvalue weighted by atomic mass is 10.1. The molecule has 35 heavy (non-hydrogen) atoms. The normalized spacial score (nSPS) is 13.6. The molecule has 1 fully saturated rings. The summed E-state index contributed by atoms with van der Waals surface area (Å²) in [5.74, 6) is 0.958. The van der Waals surface area contributed by atoms with Gasteiger partial charge in [-0.25, -0.2) is 9.97 Å². The van der Waals surface area contributed by atoms with Gasteiger partial charge >= 0.3 is 0 Å². The predicted molar refractivity (Wildman–Crippen MR) is 132 cm³/mol. The first-order valence-corrected chi connectivity index (χ1v) is 11.4. The average molecular weight is 472 g/mol. The van der Waals surface area contributed by atoms with E-state index in [-0.39, 0.29) is 24.0 Å². The third-order valence-corrected chi connectivity index (χ3v) is 5.95. The van der Waals surface area contributed by atoms with Crippen LogP contribution in [0.25, 0.3) is 11.0 Å². The van der Waals surface area contributed by atoms with Crippen molar-refractivity contribution in [3.05, 3.63) is 78.3 Å². The van der Waals surface area contributed by atoms with E-state index in [0.717, 1.165) is 5.56 Å². The number of amides is 2. The minimum absolute atomic E-state index is 0.134. The first-order chi connectivity index (χ1) is 17.1. The molecule has 1 saturated heterocycles. The summed E-state index contributed by atoms with van der Waals surface area (Å²) < 4.78 is 11.2. The molecule has 0 radical (unpaired) electrons. The number of para-hydroxylation sites is 1. The first-order valence-electron chi connectivity index (χ1n) is 11.4. The van der Waals surface area contributed by atoms with Gasteiger partial charge in [0.05, 0.1) is 13.5 Å². The van der Waals surface area contributed by atoms with Crippen molar-refractivity contribution in [2.45, 2.75) is 6.42 Å². The highest BCUT2D eigenvalue weighted by Crippen LogP contribution is 2.32. The van der Waals surface area contributed by atoms with Gasteiger partial charge in [0.2, 0.25) is 17.6 Å². The van der Waals surface area contributed by atoms with Crippen molar-refractivity contribution >= 4 is 34.4 Å². The fraction of sp³-hybridized carbons (Fsp3) is 0.231. The zero-order valence-corrected chi connectivity index (χ0v) is 19.3. The summed E-state index contributed by atoms with van der Waals surface area (Å²) in [5.41, 5.74) is 1.75. The molecule has 1 aliphatic rings. The van der Waals surface area contributed by atoms with Gasteiger partial charge in [-0.3, -0.25) is 9.59 Å². The lowest BCUT2D eigenvalue weighted by Gasteiger charge is -2.34. The Morgan fingerprint density at radius 1 is 1.00 bits per heavy atom. The molecule has 178 valence electrons. The van der Waals surface area contributed by atoms with Crippen LogP contribution in [0, 0.1) is 0 Å². The number of ether oxygens (including phenoxy) is 1. The Balaban J connectivity index is 1.35. The van der Waals surface area contributed by atoms with E-state index in [1.807, 2.05) is 47.4 Å². The molecule has 4 aromatic rings. The molecule has 9 heteroatoms. The van der Waals surface area contributed by atoms with Crippen LogP contribution in [0.3, 0.4) is 0 Å². The van der Waals surface area contributed by atoms with Gasteiger partial charge in [-0.15, -0.1) is 0 Å². The number of hydrogen-bond acceptors (Lipinski definition) is 7. The number of piperazine rings is 1. The molecule has 2 amide bonds. The molecular weight excluding hydrogens is 446 g/mol. The highest BCUT2D eigenvalue weighted by Gasteiger charge is 2.29. The molecule has 0 atom stereocenters. The van der Waals surface area contributed by atoms with Crippen molar-refractivity contribution in [1.82, 2.24) is 14.9 Å². The number of methoxy groups -OCH3 is 1. The van der Waals surface area contributed by atoms with E-state index in [2.05, 4.69) is 15.3 Å². The third-order valence-electron chi connectivity index (χ3n) is 5.95. The summed E-state index contributed by atoms with van der Waals surface area (Å²) >= 11 is 0. The minimum Gasteiger partial charge on any atom is -0.497 e. The smallest absolute Gasteiger partial charge is 0.291 e.